The summed E-state index contributed by atoms with van der Waals surface area (Å²) in [6, 6.07) is 9.93. The van der Waals surface area contributed by atoms with Crippen molar-refractivity contribution in [1.29, 1.82) is 0 Å². The molecule has 1 heterocycles. The van der Waals surface area contributed by atoms with Gasteiger partial charge in [0.1, 0.15) is 18.0 Å². The maximum absolute atomic E-state index is 12.4. The van der Waals surface area contributed by atoms with Crippen LogP contribution in [0.5, 0.6) is 0 Å². The standard InChI is InChI=1S/C22H28N2O3/c1-16(25)13-22(3)11-9-19(10-12-22)24-17(2)20(14-23-24)21(26)27-15-18-7-5-4-6-8-18/h4-8,14,19H,9-13,15H2,1-3H3. The molecule has 0 saturated heterocycles. The van der Waals surface area contributed by atoms with E-state index in [1.54, 1.807) is 13.1 Å². The molecule has 0 amide bonds. The van der Waals surface area contributed by atoms with Crippen LogP contribution < -0.4 is 0 Å². The van der Waals surface area contributed by atoms with E-state index in [0.29, 0.717) is 12.0 Å². The van der Waals surface area contributed by atoms with Crippen LogP contribution in [-0.4, -0.2) is 21.5 Å². The highest BCUT2D eigenvalue weighted by Crippen LogP contribution is 2.43. The number of Topliss-reactive ketones (excluding diaryl/α,β-unsaturated/α-hetero) is 1. The summed E-state index contributed by atoms with van der Waals surface area (Å²) in [4.78, 5) is 23.9. The van der Waals surface area contributed by atoms with Crippen molar-refractivity contribution in [3.8, 4) is 0 Å². The highest BCUT2D eigenvalue weighted by molar-refractivity contribution is 5.90. The second-order valence-electron chi connectivity index (χ2n) is 8.07. The predicted octanol–water partition coefficient (Wildman–Crippen LogP) is 4.65. The van der Waals surface area contributed by atoms with Gasteiger partial charge >= 0.3 is 5.97 Å². The number of carbonyl (C=O) groups excluding carboxylic acids is 2. The molecule has 0 atom stereocenters. The first-order valence-corrected chi connectivity index (χ1v) is 9.62. The van der Waals surface area contributed by atoms with Crippen molar-refractivity contribution in [2.24, 2.45) is 5.41 Å². The van der Waals surface area contributed by atoms with Gasteiger partial charge in [0.05, 0.1) is 17.9 Å². The number of benzene rings is 1. The van der Waals surface area contributed by atoms with Crippen molar-refractivity contribution < 1.29 is 14.3 Å². The molecule has 5 nitrogen and oxygen atoms in total. The Kier molecular flexibility index (Phi) is 5.78. The van der Waals surface area contributed by atoms with E-state index in [-0.39, 0.29) is 29.8 Å². The number of carbonyl (C=O) groups is 2. The van der Waals surface area contributed by atoms with Gasteiger partial charge in [-0.2, -0.15) is 5.10 Å². The first kappa shape index (κ1) is 19.3. The molecule has 1 aromatic carbocycles. The quantitative estimate of drug-likeness (QED) is 0.696. The van der Waals surface area contributed by atoms with Gasteiger partial charge in [0.25, 0.3) is 0 Å². The van der Waals surface area contributed by atoms with Crippen LogP contribution >= 0.6 is 0 Å². The average molecular weight is 368 g/mol. The number of rotatable bonds is 6. The molecule has 144 valence electrons. The molecule has 0 radical (unpaired) electrons. The fourth-order valence-corrected chi connectivity index (χ4v) is 4.11. The van der Waals surface area contributed by atoms with Crippen molar-refractivity contribution in [3.63, 3.8) is 0 Å². The van der Waals surface area contributed by atoms with Gasteiger partial charge in [0.15, 0.2) is 0 Å². The van der Waals surface area contributed by atoms with Gasteiger partial charge in [-0.25, -0.2) is 4.79 Å². The number of esters is 1. The molecule has 2 aromatic rings. The fourth-order valence-electron chi connectivity index (χ4n) is 4.11. The molecule has 1 aliphatic carbocycles. The van der Waals surface area contributed by atoms with Crippen molar-refractivity contribution in [2.45, 2.75) is 65.5 Å². The van der Waals surface area contributed by atoms with Crippen LogP contribution in [0.25, 0.3) is 0 Å². The van der Waals surface area contributed by atoms with E-state index in [0.717, 1.165) is 36.9 Å². The molecule has 0 N–H and O–H groups in total. The number of ketones is 1. The summed E-state index contributed by atoms with van der Waals surface area (Å²) in [5.41, 5.74) is 2.45. The lowest BCUT2D eigenvalue weighted by Crippen LogP contribution is -2.28. The third kappa shape index (κ3) is 4.65. The zero-order valence-electron chi connectivity index (χ0n) is 16.4. The maximum Gasteiger partial charge on any atom is 0.341 e. The second-order valence-corrected chi connectivity index (χ2v) is 8.07. The van der Waals surface area contributed by atoms with Gasteiger partial charge in [0.2, 0.25) is 0 Å². The number of aromatic nitrogens is 2. The van der Waals surface area contributed by atoms with Crippen LogP contribution in [0.4, 0.5) is 0 Å². The van der Waals surface area contributed by atoms with Crippen molar-refractivity contribution >= 4 is 11.8 Å². The zero-order chi connectivity index (χ0) is 19.4. The van der Waals surface area contributed by atoms with Crippen LogP contribution in [0.3, 0.4) is 0 Å². The van der Waals surface area contributed by atoms with Gasteiger partial charge in [-0.3, -0.25) is 4.68 Å². The van der Waals surface area contributed by atoms with E-state index in [1.807, 2.05) is 41.9 Å². The molecule has 0 bridgehead atoms. The summed E-state index contributed by atoms with van der Waals surface area (Å²) in [6.45, 7) is 6.06. The first-order chi connectivity index (χ1) is 12.9. The van der Waals surface area contributed by atoms with Crippen LogP contribution in [0.15, 0.2) is 36.5 Å². The van der Waals surface area contributed by atoms with Gasteiger partial charge in [-0.1, -0.05) is 37.3 Å². The Labute approximate surface area is 160 Å². The molecule has 1 fully saturated rings. The fraction of sp³-hybridized carbons (Fsp3) is 0.500. The minimum Gasteiger partial charge on any atom is -0.457 e. The normalized spacial score (nSPS) is 22.4. The molecule has 5 heteroatoms. The van der Waals surface area contributed by atoms with Crippen molar-refractivity contribution in [2.75, 3.05) is 0 Å². The molecule has 0 aliphatic heterocycles. The lowest BCUT2D eigenvalue weighted by Gasteiger charge is -2.37. The van der Waals surface area contributed by atoms with Gasteiger partial charge in [-0.15, -0.1) is 0 Å². The summed E-state index contributed by atoms with van der Waals surface area (Å²) in [5, 5.41) is 4.47. The molecular formula is C22H28N2O3. The highest BCUT2D eigenvalue weighted by atomic mass is 16.5. The number of ether oxygens (including phenoxy) is 1. The molecule has 27 heavy (non-hydrogen) atoms. The minimum absolute atomic E-state index is 0.0981. The molecule has 0 unspecified atom stereocenters. The molecule has 3 rings (SSSR count). The van der Waals surface area contributed by atoms with E-state index < -0.39 is 0 Å². The van der Waals surface area contributed by atoms with E-state index in [9.17, 15) is 9.59 Å². The Hall–Kier alpha value is -2.43. The molecule has 1 aromatic heterocycles. The Morgan fingerprint density at radius 2 is 1.89 bits per heavy atom. The molecular weight excluding hydrogens is 340 g/mol. The van der Waals surface area contributed by atoms with Crippen LogP contribution in [0, 0.1) is 12.3 Å². The summed E-state index contributed by atoms with van der Waals surface area (Å²) in [7, 11) is 0. The van der Waals surface area contributed by atoms with E-state index >= 15 is 0 Å². The Balaban J connectivity index is 1.62. The second kappa shape index (κ2) is 8.07. The largest absolute Gasteiger partial charge is 0.457 e. The third-order valence-electron chi connectivity index (χ3n) is 5.66. The minimum atomic E-state index is -0.333. The van der Waals surface area contributed by atoms with E-state index in [4.69, 9.17) is 4.74 Å². The Bertz CT molecular complexity index is 802. The number of nitrogens with zero attached hydrogens (tertiary/aromatic N) is 2. The first-order valence-electron chi connectivity index (χ1n) is 9.62. The Morgan fingerprint density at radius 1 is 1.22 bits per heavy atom. The van der Waals surface area contributed by atoms with Crippen LogP contribution in [-0.2, 0) is 16.1 Å². The highest BCUT2D eigenvalue weighted by Gasteiger charge is 2.34. The molecule has 0 spiro atoms. The number of hydrogen-bond acceptors (Lipinski definition) is 4. The van der Waals surface area contributed by atoms with E-state index in [1.165, 1.54) is 0 Å². The monoisotopic (exact) mass is 368 g/mol. The molecule has 1 saturated carbocycles. The average Bonchev–Trinajstić information content (AvgIpc) is 3.02. The van der Waals surface area contributed by atoms with Crippen LogP contribution in [0.2, 0.25) is 0 Å². The van der Waals surface area contributed by atoms with Gasteiger partial charge < -0.3 is 9.53 Å². The maximum atomic E-state index is 12.4. The van der Waals surface area contributed by atoms with Gasteiger partial charge in [0, 0.05) is 6.42 Å². The lowest BCUT2D eigenvalue weighted by atomic mass is 9.71. The zero-order valence-corrected chi connectivity index (χ0v) is 16.4. The summed E-state index contributed by atoms with van der Waals surface area (Å²) >= 11 is 0. The molecule has 1 aliphatic rings. The van der Waals surface area contributed by atoms with Gasteiger partial charge in [-0.05, 0) is 50.5 Å². The topological polar surface area (TPSA) is 61.2 Å². The van der Waals surface area contributed by atoms with Crippen molar-refractivity contribution in [1.82, 2.24) is 9.78 Å². The third-order valence-corrected chi connectivity index (χ3v) is 5.66. The SMILES string of the molecule is CC(=O)CC1(C)CCC(n2ncc(C(=O)OCc3ccccc3)c2C)CC1. The summed E-state index contributed by atoms with van der Waals surface area (Å²) in [5.74, 6) is -0.0745. The van der Waals surface area contributed by atoms with Crippen LogP contribution in [0.1, 0.15) is 73.6 Å². The Morgan fingerprint density at radius 3 is 2.52 bits per heavy atom. The predicted molar refractivity (Wildman–Crippen MR) is 103 cm³/mol. The smallest absolute Gasteiger partial charge is 0.341 e. The number of hydrogen-bond donors (Lipinski definition) is 0. The van der Waals surface area contributed by atoms with Crippen molar-refractivity contribution in [3.05, 3.63) is 53.3 Å². The lowest BCUT2D eigenvalue weighted by molar-refractivity contribution is -0.119. The summed E-state index contributed by atoms with van der Waals surface area (Å²) < 4.78 is 7.41. The summed E-state index contributed by atoms with van der Waals surface area (Å²) in [6.07, 6.45) is 6.23. The van der Waals surface area contributed by atoms with E-state index in [2.05, 4.69) is 12.0 Å².